The lowest BCUT2D eigenvalue weighted by molar-refractivity contribution is 0.0608. The van der Waals surface area contributed by atoms with Gasteiger partial charge in [-0.05, 0) is 50.7 Å². The third-order valence-electron chi connectivity index (χ3n) is 5.55. The van der Waals surface area contributed by atoms with Crippen molar-refractivity contribution in [3.8, 4) is 5.75 Å². The molecule has 2 fully saturated rings. The first-order chi connectivity index (χ1) is 13.8. The molecule has 160 valence electrons. The van der Waals surface area contributed by atoms with Gasteiger partial charge >= 0.3 is 6.09 Å². The normalized spacial score (nSPS) is 18.7. The third kappa shape index (κ3) is 5.32. The predicted octanol–water partition coefficient (Wildman–Crippen LogP) is 2.62. The minimum Gasteiger partial charge on any atom is -0.489 e. The zero-order chi connectivity index (χ0) is 21.0. The van der Waals surface area contributed by atoms with Crippen LogP contribution in [0.1, 0.15) is 50.4 Å². The van der Waals surface area contributed by atoms with Gasteiger partial charge in [0.05, 0.1) is 28.9 Å². The molecule has 29 heavy (non-hydrogen) atoms. The van der Waals surface area contributed by atoms with Gasteiger partial charge in [0.15, 0.2) is 0 Å². The van der Waals surface area contributed by atoms with Crippen molar-refractivity contribution in [1.82, 2.24) is 14.9 Å². The molecular formula is C21H33N5O3. The van der Waals surface area contributed by atoms with Crippen molar-refractivity contribution in [3.63, 3.8) is 0 Å². The quantitative estimate of drug-likeness (QED) is 0.555. The highest BCUT2D eigenvalue weighted by atomic mass is 16.6. The number of ether oxygens (including phenoxy) is 2. The Morgan fingerprint density at radius 1 is 1.28 bits per heavy atom. The van der Waals surface area contributed by atoms with Crippen molar-refractivity contribution in [2.75, 3.05) is 26.7 Å². The van der Waals surface area contributed by atoms with E-state index >= 15 is 0 Å². The standard InChI is InChI=1S/C21H33N5O3/c1-14-11-26(12-14)21(27)28-13-18(25(3)23)20(22)17-9-10-19(15(2)24-17)29-16-7-5-4-6-8-16/h9-10,14,16H,4-8,11-13,22-23H2,1-3H3/b20-18-. The number of likely N-dealkylation sites (tertiary alicyclic amines) is 1. The Kier molecular flexibility index (Phi) is 6.84. The number of likely N-dealkylation sites (N-methyl/N-ethyl adjacent to an activating group) is 1. The average molecular weight is 404 g/mol. The van der Waals surface area contributed by atoms with Crippen LogP contribution in [0.5, 0.6) is 5.75 Å². The van der Waals surface area contributed by atoms with Crippen LogP contribution in [0.15, 0.2) is 17.8 Å². The number of hydrazine groups is 1. The minimum atomic E-state index is -0.351. The van der Waals surface area contributed by atoms with E-state index in [0.29, 0.717) is 23.0 Å². The van der Waals surface area contributed by atoms with Crippen LogP contribution in [0, 0.1) is 12.8 Å². The number of hydrogen-bond donors (Lipinski definition) is 2. The minimum absolute atomic E-state index is 0.0103. The van der Waals surface area contributed by atoms with Gasteiger partial charge in [-0.25, -0.2) is 15.6 Å². The number of nitrogens with zero attached hydrogens (tertiary/aromatic N) is 3. The van der Waals surface area contributed by atoms with Crippen molar-refractivity contribution in [3.05, 3.63) is 29.2 Å². The van der Waals surface area contributed by atoms with Gasteiger partial charge in [-0.3, -0.25) is 0 Å². The zero-order valence-corrected chi connectivity index (χ0v) is 17.7. The van der Waals surface area contributed by atoms with E-state index in [-0.39, 0.29) is 18.8 Å². The summed E-state index contributed by atoms with van der Waals surface area (Å²) in [5.41, 5.74) is 8.57. The number of carbonyl (C=O) groups is 1. The van der Waals surface area contributed by atoms with Gasteiger partial charge in [0.1, 0.15) is 12.4 Å². The highest BCUT2D eigenvalue weighted by molar-refractivity contribution is 5.69. The van der Waals surface area contributed by atoms with E-state index in [1.54, 1.807) is 11.9 Å². The van der Waals surface area contributed by atoms with Gasteiger partial charge in [0.2, 0.25) is 0 Å². The van der Waals surface area contributed by atoms with Crippen molar-refractivity contribution in [2.45, 2.75) is 52.1 Å². The van der Waals surface area contributed by atoms with Crippen molar-refractivity contribution < 1.29 is 14.3 Å². The summed E-state index contributed by atoms with van der Waals surface area (Å²) in [6.45, 7) is 5.43. The van der Waals surface area contributed by atoms with Gasteiger partial charge in [-0.15, -0.1) is 0 Å². The smallest absolute Gasteiger partial charge is 0.410 e. The first kappa shape index (κ1) is 21.2. The summed E-state index contributed by atoms with van der Waals surface area (Å²) < 4.78 is 11.5. The SMILES string of the molecule is Cc1nc(/C(N)=C(\COC(=O)N2CC(C)C2)N(C)N)ccc1OC1CCCCC1. The first-order valence-electron chi connectivity index (χ1n) is 10.4. The number of nitrogens with two attached hydrogens (primary N) is 2. The Balaban J connectivity index is 1.68. The lowest BCUT2D eigenvalue weighted by Crippen LogP contribution is -2.49. The molecule has 1 aliphatic heterocycles. The Morgan fingerprint density at radius 3 is 2.55 bits per heavy atom. The Bertz CT molecular complexity index is 753. The zero-order valence-electron chi connectivity index (χ0n) is 17.7. The molecule has 3 rings (SSSR count). The molecule has 4 N–H and O–H groups in total. The maximum atomic E-state index is 12.1. The van der Waals surface area contributed by atoms with E-state index in [4.69, 9.17) is 21.1 Å². The molecule has 8 heteroatoms. The fourth-order valence-corrected chi connectivity index (χ4v) is 3.77. The highest BCUT2D eigenvalue weighted by Crippen LogP contribution is 2.26. The van der Waals surface area contributed by atoms with Crippen LogP contribution in [0.25, 0.3) is 5.70 Å². The monoisotopic (exact) mass is 403 g/mol. The molecule has 1 aromatic rings. The van der Waals surface area contributed by atoms with Crippen LogP contribution < -0.4 is 16.3 Å². The molecule has 2 heterocycles. The number of hydrogen-bond acceptors (Lipinski definition) is 7. The van der Waals surface area contributed by atoms with Gasteiger partial charge in [0.25, 0.3) is 0 Å². The van der Waals surface area contributed by atoms with Crippen LogP contribution >= 0.6 is 0 Å². The van der Waals surface area contributed by atoms with Crippen LogP contribution in [0.2, 0.25) is 0 Å². The summed E-state index contributed by atoms with van der Waals surface area (Å²) in [6, 6.07) is 3.73. The lowest BCUT2D eigenvalue weighted by atomic mass is 9.98. The van der Waals surface area contributed by atoms with Crippen LogP contribution in [-0.2, 0) is 4.74 Å². The molecule has 8 nitrogen and oxygen atoms in total. The summed E-state index contributed by atoms with van der Waals surface area (Å²) in [5.74, 6) is 7.24. The lowest BCUT2D eigenvalue weighted by Gasteiger charge is -2.36. The van der Waals surface area contributed by atoms with E-state index in [1.807, 2.05) is 19.1 Å². The fourth-order valence-electron chi connectivity index (χ4n) is 3.77. The number of aryl methyl sites for hydroxylation is 1. The van der Waals surface area contributed by atoms with Crippen LogP contribution in [-0.4, -0.2) is 53.8 Å². The van der Waals surface area contributed by atoms with Crippen molar-refractivity contribution >= 4 is 11.8 Å². The van der Waals surface area contributed by atoms with Crippen LogP contribution in [0.4, 0.5) is 4.79 Å². The molecule has 2 aliphatic rings. The molecule has 0 spiro atoms. The molecule has 0 aromatic carbocycles. The molecule has 1 aliphatic carbocycles. The molecule has 1 saturated heterocycles. The van der Waals surface area contributed by atoms with Gasteiger partial charge in [0, 0.05) is 20.1 Å². The second-order valence-electron chi connectivity index (χ2n) is 8.19. The van der Waals surface area contributed by atoms with Gasteiger partial charge < -0.3 is 25.1 Å². The van der Waals surface area contributed by atoms with E-state index < -0.39 is 0 Å². The summed E-state index contributed by atoms with van der Waals surface area (Å²) in [6.07, 6.45) is 5.80. The first-order valence-corrected chi connectivity index (χ1v) is 10.4. The number of carbonyl (C=O) groups excluding carboxylic acids is 1. The number of amides is 1. The molecule has 0 unspecified atom stereocenters. The average Bonchev–Trinajstić information content (AvgIpc) is 2.67. The Morgan fingerprint density at radius 2 is 1.97 bits per heavy atom. The molecule has 1 saturated carbocycles. The molecule has 0 bridgehead atoms. The molecule has 1 aromatic heterocycles. The highest BCUT2D eigenvalue weighted by Gasteiger charge is 2.28. The van der Waals surface area contributed by atoms with Crippen LogP contribution in [0.3, 0.4) is 0 Å². The third-order valence-corrected chi connectivity index (χ3v) is 5.55. The predicted molar refractivity (Wildman–Crippen MR) is 112 cm³/mol. The van der Waals surface area contributed by atoms with E-state index in [2.05, 4.69) is 11.9 Å². The fraction of sp³-hybridized carbons (Fsp3) is 0.619. The van der Waals surface area contributed by atoms with Gasteiger partial charge in [-0.1, -0.05) is 13.3 Å². The maximum Gasteiger partial charge on any atom is 0.410 e. The number of rotatable bonds is 6. The molecule has 1 amide bonds. The number of pyridine rings is 1. The van der Waals surface area contributed by atoms with E-state index in [1.165, 1.54) is 24.3 Å². The summed E-state index contributed by atoms with van der Waals surface area (Å²) >= 11 is 0. The summed E-state index contributed by atoms with van der Waals surface area (Å²) in [5, 5.41) is 1.37. The second-order valence-corrected chi connectivity index (χ2v) is 8.19. The maximum absolute atomic E-state index is 12.1. The largest absolute Gasteiger partial charge is 0.489 e. The summed E-state index contributed by atoms with van der Waals surface area (Å²) in [7, 11) is 1.66. The Labute approximate surface area is 172 Å². The Hall–Kier alpha value is -2.48. The topological polar surface area (TPSA) is 107 Å². The molecule has 0 atom stereocenters. The van der Waals surface area contributed by atoms with E-state index in [9.17, 15) is 4.79 Å². The van der Waals surface area contributed by atoms with Crippen molar-refractivity contribution in [1.29, 1.82) is 0 Å². The molecular weight excluding hydrogens is 370 g/mol. The van der Waals surface area contributed by atoms with E-state index in [0.717, 1.165) is 37.4 Å². The van der Waals surface area contributed by atoms with Crippen molar-refractivity contribution in [2.24, 2.45) is 17.5 Å². The van der Waals surface area contributed by atoms with Gasteiger partial charge in [-0.2, -0.15) is 0 Å². The molecule has 0 radical (unpaired) electrons. The second kappa shape index (κ2) is 9.35. The number of aromatic nitrogens is 1. The summed E-state index contributed by atoms with van der Waals surface area (Å²) in [4.78, 5) is 18.4.